The molecule has 9 heteroatoms. The molecule has 0 spiro atoms. The number of nitrogens with two attached hydrogens (primary N) is 1. The monoisotopic (exact) mass is 515 g/mol. The predicted molar refractivity (Wildman–Crippen MR) is 138 cm³/mol. The lowest BCUT2D eigenvalue weighted by atomic mass is 9.74. The number of unbranched alkanes of at least 4 members (excludes halogenated alkanes) is 1. The molecule has 8 nitrogen and oxygen atoms in total. The number of aliphatic hydroxyl groups is 2. The van der Waals surface area contributed by atoms with Crippen LogP contribution in [0.15, 0.2) is 42.5 Å². The zero-order valence-corrected chi connectivity index (χ0v) is 21.6. The van der Waals surface area contributed by atoms with Gasteiger partial charge in [0.05, 0.1) is 19.3 Å². The minimum Gasteiger partial charge on any atom is -0.390 e. The molecule has 2 saturated heterocycles. The molecule has 1 amide bonds. The van der Waals surface area contributed by atoms with Gasteiger partial charge < -0.3 is 30.3 Å². The van der Waals surface area contributed by atoms with Gasteiger partial charge in [-0.2, -0.15) is 0 Å². The number of ether oxygens (including phenoxy) is 2. The molecule has 0 aliphatic carbocycles. The molecule has 0 unspecified atom stereocenters. The van der Waals surface area contributed by atoms with Crippen LogP contribution in [0, 0.1) is 12.7 Å². The van der Waals surface area contributed by atoms with Gasteiger partial charge in [-0.15, -0.1) is 0 Å². The highest BCUT2D eigenvalue weighted by Gasteiger charge is 2.60. The van der Waals surface area contributed by atoms with E-state index in [2.05, 4.69) is 0 Å². The van der Waals surface area contributed by atoms with Crippen molar-refractivity contribution in [3.05, 3.63) is 59.4 Å². The number of rotatable bonds is 10. The molecule has 2 aromatic rings. The van der Waals surface area contributed by atoms with Crippen molar-refractivity contribution < 1.29 is 28.9 Å². The number of likely N-dealkylation sites (tertiary alicyclic amines) is 1. The molecule has 2 aliphatic heterocycles. The van der Waals surface area contributed by atoms with Crippen LogP contribution < -0.4 is 5.73 Å². The summed E-state index contributed by atoms with van der Waals surface area (Å²) in [6.45, 7) is 3.43. The lowest BCUT2D eigenvalue weighted by Crippen LogP contribution is -2.71. The van der Waals surface area contributed by atoms with E-state index in [1.807, 2.05) is 36.1 Å². The molecule has 4 N–H and O–H groups in total. The summed E-state index contributed by atoms with van der Waals surface area (Å²) in [5, 5.41) is 23.5. The molecule has 4 rings (SSSR count). The van der Waals surface area contributed by atoms with E-state index < -0.39 is 29.3 Å². The lowest BCUT2D eigenvalue weighted by Gasteiger charge is -2.55. The molecule has 0 radical (unpaired) electrons. The quantitative estimate of drug-likeness (QED) is 0.328. The van der Waals surface area contributed by atoms with E-state index in [-0.39, 0.29) is 38.2 Å². The Balaban J connectivity index is 1.93. The first-order valence-electron chi connectivity index (χ1n) is 12.8. The van der Waals surface area contributed by atoms with Crippen molar-refractivity contribution in [2.24, 2.45) is 5.73 Å². The molecular weight excluding hydrogens is 477 g/mol. The van der Waals surface area contributed by atoms with Gasteiger partial charge in [0, 0.05) is 45.0 Å². The third-order valence-electron chi connectivity index (χ3n) is 7.68. The van der Waals surface area contributed by atoms with E-state index in [4.69, 9.17) is 15.2 Å². The minimum atomic E-state index is -1.76. The van der Waals surface area contributed by atoms with Gasteiger partial charge >= 0.3 is 0 Å². The standard InChI is InChI=1S/C28H38FN3O5/c1-20-7-5-8-21(15-20)26-22(9-6-10-23(26)29)27(35,11-3-4-13-36-2)28(18-31(19-33)12-14-37-28)32-16-24(30)25(34)17-32/h5-10,15,19,24-25,34-35H,3-4,11-14,16-18,30H2,1-2H3/t24-,25+,27-,28-/m1/s1. The smallest absolute Gasteiger partial charge is 0.209 e. The molecule has 2 aliphatic rings. The van der Waals surface area contributed by atoms with E-state index in [9.17, 15) is 15.0 Å². The zero-order chi connectivity index (χ0) is 26.6. The first kappa shape index (κ1) is 27.6. The number of carbonyl (C=O) groups is 1. The summed E-state index contributed by atoms with van der Waals surface area (Å²) in [4.78, 5) is 15.3. The maximum Gasteiger partial charge on any atom is 0.209 e. The first-order chi connectivity index (χ1) is 17.8. The van der Waals surface area contributed by atoms with Crippen LogP contribution in [-0.4, -0.2) is 90.8 Å². The van der Waals surface area contributed by atoms with Crippen LogP contribution in [0.3, 0.4) is 0 Å². The Morgan fingerprint density at radius 2 is 2.05 bits per heavy atom. The maximum atomic E-state index is 15.7. The van der Waals surface area contributed by atoms with Crippen LogP contribution in [0.4, 0.5) is 4.39 Å². The molecule has 202 valence electrons. The van der Waals surface area contributed by atoms with Crippen LogP contribution in [-0.2, 0) is 19.9 Å². The summed E-state index contributed by atoms with van der Waals surface area (Å²) < 4.78 is 27.4. The normalized spacial score (nSPS) is 26.3. The van der Waals surface area contributed by atoms with Crippen LogP contribution in [0.2, 0.25) is 0 Å². The fraction of sp³-hybridized carbons (Fsp3) is 0.536. The molecule has 0 bridgehead atoms. The average Bonchev–Trinajstić information content (AvgIpc) is 3.24. The largest absolute Gasteiger partial charge is 0.390 e. The van der Waals surface area contributed by atoms with Gasteiger partial charge in [0.2, 0.25) is 6.41 Å². The Hall–Kier alpha value is -2.40. The highest BCUT2D eigenvalue weighted by Crippen LogP contribution is 2.48. The molecule has 37 heavy (non-hydrogen) atoms. The van der Waals surface area contributed by atoms with Gasteiger partial charge in [0.15, 0.2) is 5.72 Å². The van der Waals surface area contributed by atoms with E-state index in [0.717, 1.165) is 12.0 Å². The fourth-order valence-electron chi connectivity index (χ4n) is 5.76. The van der Waals surface area contributed by atoms with Gasteiger partial charge in [-0.1, -0.05) is 42.0 Å². The number of methoxy groups -OCH3 is 1. The van der Waals surface area contributed by atoms with Crippen LogP contribution in [0.25, 0.3) is 11.1 Å². The van der Waals surface area contributed by atoms with Gasteiger partial charge in [-0.05, 0) is 43.4 Å². The van der Waals surface area contributed by atoms with Crippen molar-refractivity contribution in [3.8, 4) is 11.1 Å². The Kier molecular flexibility index (Phi) is 8.63. The van der Waals surface area contributed by atoms with Crippen molar-refractivity contribution in [1.29, 1.82) is 0 Å². The second-order valence-corrected chi connectivity index (χ2v) is 10.2. The summed E-state index contributed by atoms with van der Waals surface area (Å²) in [5.74, 6) is -0.463. The highest BCUT2D eigenvalue weighted by atomic mass is 19.1. The zero-order valence-electron chi connectivity index (χ0n) is 21.6. The maximum absolute atomic E-state index is 15.7. The third kappa shape index (κ3) is 5.30. The molecular formula is C28H38FN3O5. The highest BCUT2D eigenvalue weighted by molar-refractivity contribution is 5.70. The number of carbonyl (C=O) groups excluding carboxylic acids is 1. The molecule has 2 aromatic carbocycles. The summed E-state index contributed by atoms with van der Waals surface area (Å²) in [6, 6.07) is 11.6. The van der Waals surface area contributed by atoms with Crippen molar-refractivity contribution in [2.45, 2.75) is 49.7 Å². The molecule has 4 atom stereocenters. The van der Waals surface area contributed by atoms with E-state index in [0.29, 0.717) is 37.1 Å². The van der Waals surface area contributed by atoms with Crippen molar-refractivity contribution in [1.82, 2.24) is 9.80 Å². The lowest BCUT2D eigenvalue weighted by molar-refractivity contribution is -0.287. The van der Waals surface area contributed by atoms with Gasteiger partial charge in [0.1, 0.15) is 11.4 Å². The number of aryl methyl sites for hydroxylation is 1. The Morgan fingerprint density at radius 3 is 2.73 bits per heavy atom. The molecule has 2 heterocycles. The number of benzene rings is 2. The summed E-state index contributed by atoms with van der Waals surface area (Å²) in [5.41, 5.74) is 5.24. The van der Waals surface area contributed by atoms with Gasteiger partial charge in [-0.3, -0.25) is 9.69 Å². The van der Waals surface area contributed by atoms with Crippen molar-refractivity contribution in [3.63, 3.8) is 0 Å². The number of β-amino-alcohol motifs (C(OH)–C–C–N with tert-alkyl or cyclic N) is 1. The van der Waals surface area contributed by atoms with Crippen molar-refractivity contribution >= 4 is 6.41 Å². The molecule has 2 fully saturated rings. The first-order valence-corrected chi connectivity index (χ1v) is 12.8. The Morgan fingerprint density at radius 1 is 1.27 bits per heavy atom. The number of morpholine rings is 1. The van der Waals surface area contributed by atoms with E-state index in [1.165, 1.54) is 6.07 Å². The van der Waals surface area contributed by atoms with E-state index in [1.54, 1.807) is 24.1 Å². The summed E-state index contributed by atoms with van der Waals surface area (Å²) in [7, 11) is 1.62. The van der Waals surface area contributed by atoms with E-state index >= 15 is 4.39 Å². The average molecular weight is 516 g/mol. The number of halogens is 1. The Labute approximate surface area is 217 Å². The number of nitrogens with zero attached hydrogens (tertiary/aromatic N) is 2. The summed E-state index contributed by atoms with van der Waals surface area (Å²) in [6.07, 6.45) is 1.36. The van der Waals surface area contributed by atoms with Crippen LogP contribution in [0.1, 0.15) is 30.4 Å². The SMILES string of the molecule is COCCCC[C@@](O)(c1cccc(F)c1-c1cccc(C)c1)[C@@]1(N2C[C@@H](N)[C@@H](O)C2)CN(C=O)CCO1. The third-order valence-corrected chi connectivity index (χ3v) is 7.68. The Bertz CT molecular complexity index is 1080. The predicted octanol–water partition coefficient (Wildman–Crippen LogP) is 1.99. The second-order valence-electron chi connectivity index (χ2n) is 10.2. The molecule has 0 aromatic heterocycles. The van der Waals surface area contributed by atoms with Gasteiger partial charge in [0.25, 0.3) is 0 Å². The topological polar surface area (TPSA) is 108 Å². The fourth-order valence-corrected chi connectivity index (χ4v) is 5.76. The van der Waals surface area contributed by atoms with Crippen molar-refractivity contribution in [2.75, 3.05) is 46.5 Å². The van der Waals surface area contributed by atoms with Crippen LogP contribution in [0.5, 0.6) is 0 Å². The van der Waals surface area contributed by atoms with Gasteiger partial charge in [-0.25, -0.2) is 4.39 Å². The minimum absolute atomic E-state index is 0.0422. The van der Waals surface area contributed by atoms with Crippen LogP contribution >= 0.6 is 0 Å². The molecule has 0 saturated carbocycles. The number of aliphatic hydroxyl groups excluding tert-OH is 1. The number of amides is 1. The second kappa shape index (κ2) is 11.6. The number of hydrogen-bond donors (Lipinski definition) is 3. The summed E-state index contributed by atoms with van der Waals surface area (Å²) >= 11 is 0. The number of hydrogen-bond acceptors (Lipinski definition) is 7.